The van der Waals surface area contributed by atoms with Crippen LogP contribution >= 0.6 is 0 Å². The van der Waals surface area contributed by atoms with Gasteiger partial charge < -0.3 is 10.5 Å². The van der Waals surface area contributed by atoms with E-state index < -0.39 is 0 Å². The zero-order valence-corrected chi connectivity index (χ0v) is 11.1. The molecule has 2 atom stereocenters. The van der Waals surface area contributed by atoms with Gasteiger partial charge in [0.25, 0.3) is 0 Å². The predicted octanol–water partition coefficient (Wildman–Crippen LogP) is 3.49. The Bertz CT molecular complexity index is 168. The fourth-order valence-electron chi connectivity index (χ4n) is 2.47. The zero-order chi connectivity index (χ0) is 11.8. The second kappa shape index (κ2) is 8.08. The molecular weight excluding hydrogens is 198 g/mol. The van der Waals surface area contributed by atoms with E-state index in [2.05, 4.69) is 6.92 Å². The van der Waals surface area contributed by atoms with E-state index in [-0.39, 0.29) is 6.04 Å². The summed E-state index contributed by atoms with van der Waals surface area (Å²) in [5, 5.41) is 0. The monoisotopic (exact) mass is 227 g/mol. The first-order valence-electron chi connectivity index (χ1n) is 7.08. The summed E-state index contributed by atoms with van der Waals surface area (Å²) in [6, 6.07) is 0.267. The normalized spacial score (nSPS) is 19.7. The first-order valence-corrected chi connectivity index (χ1v) is 7.08. The quantitative estimate of drug-likeness (QED) is 0.580. The van der Waals surface area contributed by atoms with Crippen LogP contribution in [0.2, 0.25) is 0 Å². The molecule has 0 aromatic carbocycles. The highest BCUT2D eigenvalue weighted by Gasteiger charge is 2.34. The Kier molecular flexibility index (Phi) is 7.06. The van der Waals surface area contributed by atoms with Crippen LogP contribution in [0.4, 0.5) is 0 Å². The van der Waals surface area contributed by atoms with E-state index in [0.29, 0.717) is 6.10 Å². The number of hydrogen-bond donors (Lipinski definition) is 1. The number of methoxy groups -OCH3 is 1. The van der Waals surface area contributed by atoms with Gasteiger partial charge in [0.15, 0.2) is 0 Å². The maximum atomic E-state index is 6.19. The van der Waals surface area contributed by atoms with Crippen LogP contribution in [0, 0.1) is 5.92 Å². The van der Waals surface area contributed by atoms with Gasteiger partial charge in [-0.05, 0) is 25.2 Å². The Morgan fingerprint density at radius 1 is 1.12 bits per heavy atom. The average Bonchev–Trinajstić information content (AvgIpc) is 3.08. The molecule has 1 rings (SSSR count). The van der Waals surface area contributed by atoms with Crippen LogP contribution in [0.5, 0.6) is 0 Å². The predicted molar refractivity (Wildman–Crippen MR) is 69.5 cm³/mol. The molecule has 0 aliphatic heterocycles. The van der Waals surface area contributed by atoms with Crippen molar-refractivity contribution in [1.82, 2.24) is 0 Å². The SMILES string of the molecule is CCCCCCCCC(N)C(OC)C1CC1. The van der Waals surface area contributed by atoms with Gasteiger partial charge in [-0.25, -0.2) is 0 Å². The molecule has 2 heteroatoms. The van der Waals surface area contributed by atoms with E-state index in [1.807, 2.05) is 7.11 Å². The summed E-state index contributed by atoms with van der Waals surface area (Å²) in [4.78, 5) is 0. The van der Waals surface area contributed by atoms with E-state index in [0.717, 1.165) is 12.3 Å². The van der Waals surface area contributed by atoms with Gasteiger partial charge in [0.2, 0.25) is 0 Å². The lowest BCUT2D eigenvalue weighted by molar-refractivity contribution is 0.0595. The standard InChI is InChI=1S/C14H29NO/c1-3-4-5-6-7-8-9-13(15)14(16-2)12-10-11-12/h12-14H,3-11,15H2,1-2H3. The van der Waals surface area contributed by atoms with Crippen LogP contribution in [0.25, 0.3) is 0 Å². The third-order valence-corrected chi connectivity index (χ3v) is 3.67. The number of rotatable bonds is 10. The lowest BCUT2D eigenvalue weighted by Gasteiger charge is -2.22. The van der Waals surface area contributed by atoms with Crippen LogP contribution < -0.4 is 5.73 Å². The van der Waals surface area contributed by atoms with Gasteiger partial charge in [0, 0.05) is 13.2 Å². The second-order valence-electron chi connectivity index (χ2n) is 5.26. The maximum Gasteiger partial charge on any atom is 0.0750 e. The summed E-state index contributed by atoms with van der Waals surface area (Å²) in [7, 11) is 1.81. The Morgan fingerprint density at radius 2 is 1.75 bits per heavy atom. The second-order valence-corrected chi connectivity index (χ2v) is 5.26. The summed E-state index contributed by atoms with van der Waals surface area (Å²) in [6.45, 7) is 2.26. The maximum absolute atomic E-state index is 6.19. The van der Waals surface area contributed by atoms with Crippen molar-refractivity contribution in [3.63, 3.8) is 0 Å². The molecule has 1 aliphatic carbocycles. The third kappa shape index (κ3) is 5.31. The van der Waals surface area contributed by atoms with Crippen LogP contribution in [0.15, 0.2) is 0 Å². The molecule has 2 nitrogen and oxygen atoms in total. The molecule has 16 heavy (non-hydrogen) atoms. The number of nitrogens with two attached hydrogens (primary N) is 1. The van der Waals surface area contributed by atoms with Gasteiger partial charge in [-0.1, -0.05) is 45.4 Å². The van der Waals surface area contributed by atoms with Crippen molar-refractivity contribution in [2.75, 3.05) is 7.11 Å². The van der Waals surface area contributed by atoms with Gasteiger partial charge in [-0.2, -0.15) is 0 Å². The minimum Gasteiger partial charge on any atom is -0.380 e. The van der Waals surface area contributed by atoms with Crippen molar-refractivity contribution in [3.05, 3.63) is 0 Å². The molecule has 2 N–H and O–H groups in total. The number of unbranched alkanes of at least 4 members (excludes halogenated alkanes) is 5. The lowest BCUT2D eigenvalue weighted by atomic mass is 10.00. The molecule has 0 radical (unpaired) electrons. The highest BCUT2D eigenvalue weighted by Crippen LogP contribution is 2.35. The fourth-order valence-corrected chi connectivity index (χ4v) is 2.47. The molecule has 2 unspecified atom stereocenters. The molecule has 1 aliphatic rings. The summed E-state index contributed by atoms with van der Waals surface area (Å²) in [6.07, 6.45) is 12.2. The van der Waals surface area contributed by atoms with Crippen molar-refractivity contribution in [3.8, 4) is 0 Å². The molecular formula is C14H29NO. The molecule has 1 fully saturated rings. The molecule has 1 saturated carbocycles. The highest BCUT2D eigenvalue weighted by atomic mass is 16.5. The van der Waals surface area contributed by atoms with Gasteiger partial charge in [-0.3, -0.25) is 0 Å². The van der Waals surface area contributed by atoms with Crippen LogP contribution in [0.1, 0.15) is 64.7 Å². The average molecular weight is 227 g/mol. The highest BCUT2D eigenvalue weighted by molar-refractivity contribution is 4.88. The lowest BCUT2D eigenvalue weighted by Crippen LogP contribution is -2.37. The molecule has 0 bridgehead atoms. The Hall–Kier alpha value is -0.0800. The Morgan fingerprint density at radius 3 is 2.31 bits per heavy atom. The molecule has 0 amide bonds. The van der Waals surface area contributed by atoms with Crippen molar-refractivity contribution >= 4 is 0 Å². The molecule has 0 aromatic rings. The summed E-state index contributed by atoms with van der Waals surface area (Å²) >= 11 is 0. The van der Waals surface area contributed by atoms with E-state index in [9.17, 15) is 0 Å². The topological polar surface area (TPSA) is 35.2 Å². The van der Waals surface area contributed by atoms with Gasteiger partial charge in [-0.15, -0.1) is 0 Å². The van der Waals surface area contributed by atoms with Crippen LogP contribution in [-0.2, 0) is 4.74 Å². The van der Waals surface area contributed by atoms with Gasteiger partial charge >= 0.3 is 0 Å². The zero-order valence-electron chi connectivity index (χ0n) is 11.1. The summed E-state index contributed by atoms with van der Waals surface area (Å²) in [5.74, 6) is 0.764. The smallest absolute Gasteiger partial charge is 0.0750 e. The van der Waals surface area contributed by atoms with Gasteiger partial charge in [0.1, 0.15) is 0 Å². The van der Waals surface area contributed by atoms with Crippen molar-refractivity contribution in [2.24, 2.45) is 11.7 Å². The summed E-state index contributed by atoms with van der Waals surface area (Å²) in [5.41, 5.74) is 6.19. The minimum atomic E-state index is 0.267. The first kappa shape index (κ1) is 14.0. The molecule has 96 valence electrons. The van der Waals surface area contributed by atoms with Crippen molar-refractivity contribution in [1.29, 1.82) is 0 Å². The van der Waals surface area contributed by atoms with Crippen molar-refractivity contribution in [2.45, 2.75) is 76.9 Å². The van der Waals surface area contributed by atoms with Crippen molar-refractivity contribution < 1.29 is 4.74 Å². The molecule has 0 spiro atoms. The first-order chi connectivity index (χ1) is 7.79. The van der Waals surface area contributed by atoms with E-state index >= 15 is 0 Å². The molecule has 0 saturated heterocycles. The largest absolute Gasteiger partial charge is 0.380 e. The van der Waals surface area contributed by atoms with E-state index in [1.165, 1.54) is 51.4 Å². The Labute approximate surface area is 101 Å². The number of ether oxygens (including phenoxy) is 1. The van der Waals surface area contributed by atoms with Crippen LogP contribution in [0.3, 0.4) is 0 Å². The van der Waals surface area contributed by atoms with E-state index in [4.69, 9.17) is 10.5 Å². The molecule has 0 aromatic heterocycles. The minimum absolute atomic E-state index is 0.267. The molecule has 0 heterocycles. The van der Waals surface area contributed by atoms with Gasteiger partial charge in [0.05, 0.1) is 6.10 Å². The third-order valence-electron chi connectivity index (χ3n) is 3.67. The fraction of sp³-hybridized carbons (Fsp3) is 1.00. The Balaban J connectivity index is 1.98. The summed E-state index contributed by atoms with van der Waals surface area (Å²) < 4.78 is 5.51. The van der Waals surface area contributed by atoms with E-state index in [1.54, 1.807) is 0 Å². The number of hydrogen-bond acceptors (Lipinski definition) is 2. The van der Waals surface area contributed by atoms with Crippen LogP contribution in [-0.4, -0.2) is 19.3 Å².